The van der Waals surface area contributed by atoms with Crippen LogP contribution in [-0.4, -0.2) is 88.9 Å². The number of aliphatic carboxylic acids is 6. The number of carboxylic acid groups (broad SMARTS) is 6. The molecule has 26 heavy (non-hydrogen) atoms. The lowest BCUT2D eigenvalue weighted by Gasteiger charge is -2.07. The van der Waals surface area contributed by atoms with Gasteiger partial charge in [-0.25, -0.2) is 28.8 Å². The summed E-state index contributed by atoms with van der Waals surface area (Å²) in [6, 6.07) is 0. The Balaban J connectivity index is -0.000000308. The van der Waals surface area contributed by atoms with Crippen LogP contribution in [0.5, 0.6) is 0 Å². The van der Waals surface area contributed by atoms with Gasteiger partial charge >= 0.3 is 35.8 Å². The maximum atomic E-state index is 9.77. The first-order chi connectivity index (χ1) is 11.7. The van der Waals surface area contributed by atoms with Crippen LogP contribution in [-0.2, 0) is 28.8 Å². The average Bonchev–Trinajstić information content (AvgIpc) is 2.50. The zero-order valence-electron chi connectivity index (χ0n) is 12.5. The third-order valence-corrected chi connectivity index (χ3v) is 1.54. The smallest absolute Gasteiger partial charge is 0.335 e. The number of rotatable bonds is 7. The number of aliphatic hydroxyl groups is 2. The van der Waals surface area contributed by atoms with Crippen molar-refractivity contribution in [2.45, 2.75) is 12.2 Å². The Hall–Kier alpha value is -3.78. The van der Waals surface area contributed by atoms with E-state index in [1.165, 1.54) is 0 Å². The Kier molecular flexibility index (Phi) is 15.4. The highest BCUT2D eigenvalue weighted by molar-refractivity contribution is 5.90. The van der Waals surface area contributed by atoms with Gasteiger partial charge in [0.1, 0.15) is 0 Å². The standard InChI is InChI=1S/C4H6O6.2C4H4O4/c5-1(3(7)8)2(6)4(9)10;2*5-3(6)1-2-4(7)8/h1-2,5-6H,(H,7,8)(H,9,10);2*1-2H,(H,5,6)(H,7,8). The maximum Gasteiger partial charge on any atom is 0.335 e. The normalized spacial score (nSPS) is 11.9. The molecule has 8 N–H and O–H groups in total. The summed E-state index contributed by atoms with van der Waals surface area (Å²) in [6.45, 7) is 0. The molecule has 146 valence electrons. The molecule has 14 nitrogen and oxygen atoms in total. The molecule has 0 saturated heterocycles. The molecule has 0 saturated carbocycles. The monoisotopic (exact) mass is 382 g/mol. The molecule has 14 heteroatoms. The third kappa shape index (κ3) is 22.5. The Morgan fingerprint density at radius 2 is 0.615 bits per heavy atom. The van der Waals surface area contributed by atoms with E-state index in [0.717, 1.165) is 0 Å². The van der Waals surface area contributed by atoms with Crippen molar-refractivity contribution in [3.8, 4) is 0 Å². The second-order valence-corrected chi connectivity index (χ2v) is 3.59. The summed E-state index contributed by atoms with van der Waals surface area (Å²) in [4.78, 5) is 57.8. The zero-order valence-corrected chi connectivity index (χ0v) is 12.5. The first-order valence-corrected chi connectivity index (χ1v) is 5.81. The summed E-state index contributed by atoms with van der Waals surface area (Å²) in [6.07, 6.45) is -2.30. The SMILES string of the molecule is O=C(O)C(O)C(O)C(=O)O.O=C(O)C=CC(=O)O.O=C(O)C=CC(=O)O. The molecule has 0 aromatic carbocycles. The van der Waals surface area contributed by atoms with Gasteiger partial charge in [-0.2, -0.15) is 0 Å². The van der Waals surface area contributed by atoms with Crippen LogP contribution in [0.25, 0.3) is 0 Å². The Labute approximate surface area is 143 Å². The first kappa shape index (κ1) is 27.1. The Bertz CT molecular complexity index is 503. The summed E-state index contributed by atoms with van der Waals surface area (Å²) >= 11 is 0. The van der Waals surface area contributed by atoms with Crippen molar-refractivity contribution in [2.24, 2.45) is 0 Å². The van der Waals surface area contributed by atoms with Crippen LogP contribution in [0.2, 0.25) is 0 Å². The molecule has 0 bridgehead atoms. The van der Waals surface area contributed by atoms with E-state index in [-0.39, 0.29) is 0 Å². The molecule has 0 amide bonds. The van der Waals surface area contributed by atoms with E-state index in [9.17, 15) is 28.8 Å². The lowest BCUT2D eigenvalue weighted by Crippen LogP contribution is -2.39. The molecule has 0 aliphatic carbocycles. The van der Waals surface area contributed by atoms with Gasteiger partial charge in [-0.1, -0.05) is 0 Å². The predicted molar refractivity (Wildman–Crippen MR) is 76.1 cm³/mol. The minimum Gasteiger partial charge on any atom is -0.479 e. The second kappa shape index (κ2) is 14.8. The molecule has 0 aromatic heterocycles. The summed E-state index contributed by atoms with van der Waals surface area (Å²) in [5.74, 6) is -8.57. The molecule has 0 radical (unpaired) electrons. The van der Waals surface area contributed by atoms with E-state index in [4.69, 9.17) is 40.9 Å². The second-order valence-electron chi connectivity index (χ2n) is 3.59. The van der Waals surface area contributed by atoms with Gasteiger partial charge < -0.3 is 40.9 Å². The van der Waals surface area contributed by atoms with Crippen LogP contribution in [0.3, 0.4) is 0 Å². The van der Waals surface area contributed by atoms with Gasteiger partial charge in [-0.05, 0) is 0 Å². The van der Waals surface area contributed by atoms with Gasteiger partial charge in [0.05, 0.1) is 0 Å². The molecular weight excluding hydrogens is 368 g/mol. The van der Waals surface area contributed by atoms with E-state index in [1.54, 1.807) is 0 Å². The summed E-state index contributed by atoms with van der Waals surface area (Å²) in [7, 11) is 0. The minimum atomic E-state index is -2.27. The topological polar surface area (TPSA) is 264 Å². The minimum absolute atomic E-state index is 0.558. The lowest BCUT2D eigenvalue weighted by molar-refractivity contribution is -0.165. The molecule has 0 aliphatic rings. The number of carboxylic acids is 6. The summed E-state index contributed by atoms with van der Waals surface area (Å²) in [5, 5.41) is 63.8. The molecule has 0 rings (SSSR count). The van der Waals surface area contributed by atoms with Crippen LogP contribution in [0.1, 0.15) is 0 Å². The van der Waals surface area contributed by atoms with Crippen LogP contribution in [0.15, 0.2) is 24.3 Å². The van der Waals surface area contributed by atoms with E-state index >= 15 is 0 Å². The predicted octanol–water partition coefficient (Wildman–Crippen LogP) is -2.70. The van der Waals surface area contributed by atoms with Crippen molar-refractivity contribution < 1.29 is 69.6 Å². The molecule has 2 atom stereocenters. The van der Waals surface area contributed by atoms with E-state index in [0.29, 0.717) is 24.3 Å². The van der Waals surface area contributed by atoms with E-state index in [1.807, 2.05) is 0 Å². The van der Waals surface area contributed by atoms with Crippen molar-refractivity contribution in [1.29, 1.82) is 0 Å². The third-order valence-electron chi connectivity index (χ3n) is 1.54. The van der Waals surface area contributed by atoms with Crippen LogP contribution < -0.4 is 0 Å². The molecular formula is C12H14O14. The quantitative estimate of drug-likeness (QED) is 0.208. The fourth-order valence-electron chi connectivity index (χ4n) is 0.555. The molecule has 0 spiro atoms. The van der Waals surface area contributed by atoms with Gasteiger partial charge in [-0.15, -0.1) is 0 Å². The average molecular weight is 382 g/mol. The van der Waals surface area contributed by atoms with Crippen LogP contribution >= 0.6 is 0 Å². The molecule has 0 fully saturated rings. The van der Waals surface area contributed by atoms with Crippen molar-refractivity contribution in [2.75, 3.05) is 0 Å². The maximum absolute atomic E-state index is 9.77. The van der Waals surface area contributed by atoms with Gasteiger partial charge in [0, 0.05) is 24.3 Å². The van der Waals surface area contributed by atoms with Crippen LogP contribution in [0.4, 0.5) is 0 Å². The highest BCUT2D eigenvalue weighted by atomic mass is 16.4. The zero-order chi connectivity index (χ0) is 21.4. The first-order valence-electron chi connectivity index (χ1n) is 5.81. The molecule has 2 unspecified atom stereocenters. The Morgan fingerprint density at radius 1 is 0.462 bits per heavy atom. The van der Waals surface area contributed by atoms with Gasteiger partial charge in [0.15, 0.2) is 12.2 Å². The van der Waals surface area contributed by atoms with Crippen LogP contribution in [0, 0.1) is 0 Å². The molecule has 0 aliphatic heterocycles. The molecule has 0 aromatic rings. The van der Waals surface area contributed by atoms with Gasteiger partial charge in [0.2, 0.25) is 0 Å². The fraction of sp³-hybridized carbons (Fsp3) is 0.167. The van der Waals surface area contributed by atoms with Gasteiger partial charge in [-0.3, -0.25) is 0 Å². The van der Waals surface area contributed by atoms with Crippen molar-refractivity contribution in [1.82, 2.24) is 0 Å². The van der Waals surface area contributed by atoms with Crippen molar-refractivity contribution in [3.05, 3.63) is 24.3 Å². The Morgan fingerprint density at radius 3 is 0.692 bits per heavy atom. The molecule has 0 heterocycles. The van der Waals surface area contributed by atoms with Crippen molar-refractivity contribution in [3.63, 3.8) is 0 Å². The van der Waals surface area contributed by atoms with Gasteiger partial charge in [0.25, 0.3) is 0 Å². The van der Waals surface area contributed by atoms with Crippen molar-refractivity contribution >= 4 is 35.8 Å². The van der Waals surface area contributed by atoms with E-state index in [2.05, 4.69) is 0 Å². The summed E-state index contributed by atoms with van der Waals surface area (Å²) in [5.41, 5.74) is 0. The number of aliphatic hydroxyl groups excluding tert-OH is 2. The lowest BCUT2D eigenvalue weighted by atomic mass is 10.2. The summed E-state index contributed by atoms with van der Waals surface area (Å²) < 4.78 is 0. The highest BCUT2D eigenvalue weighted by Gasteiger charge is 2.29. The largest absolute Gasteiger partial charge is 0.479 e. The number of carbonyl (C=O) groups is 6. The highest BCUT2D eigenvalue weighted by Crippen LogP contribution is 1.92. The van der Waals surface area contributed by atoms with E-state index < -0.39 is 48.0 Å². The number of hydrogen-bond donors (Lipinski definition) is 8. The fourth-order valence-corrected chi connectivity index (χ4v) is 0.555. The number of hydrogen-bond acceptors (Lipinski definition) is 8.